The van der Waals surface area contributed by atoms with Gasteiger partial charge in [0.05, 0.1) is 6.10 Å². The Kier molecular flexibility index (Phi) is 9.98. The van der Waals surface area contributed by atoms with Crippen LogP contribution in [0.5, 0.6) is 5.75 Å². The van der Waals surface area contributed by atoms with Gasteiger partial charge in [-0.1, -0.05) is 12.1 Å². The highest BCUT2D eigenvalue weighted by Gasteiger charge is 2.32. The third-order valence-corrected chi connectivity index (χ3v) is 5.65. The molecule has 1 saturated carbocycles. The maximum atomic E-state index is 6.11. The molecule has 0 spiro atoms. The second-order valence-electron chi connectivity index (χ2n) is 8.23. The Hall–Kier alpha value is -1.06. The van der Waals surface area contributed by atoms with Crippen LogP contribution >= 0.6 is 24.0 Å². The highest BCUT2D eigenvalue weighted by Crippen LogP contribution is 2.34. The first-order valence-corrected chi connectivity index (χ1v) is 10.5. The van der Waals surface area contributed by atoms with E-state index in [9.17, 15) is 0 Å². The second kappa shape index (κ2) is 12.0. The van der Waals surface area contributed by atoms with Crippen LogP contribution < -0.4 is 15.4 Å². The van der Waals surface area contributed by atoms with Crippen molar-refractivity contribution in [2.45, 2.75) is 51.3 Å². The molecule has 1 aromatic rings. The van der Waals surface area contributed by atoms with Crippen LogP contribution in [0, 0.1) is 12.8 Å². The molecule has 7 heteroatoms. The summed E-state index contributed by atoms with van der Waals surface area (Å²) in [5, 5.41) is 6.92. The van der Waals surface area contributed by atoms with Crippen LogP contribution in [0.15, 0.2) is 23.2 Å². The topological polar surface area (TPSA) is 58.1 Å². The van der Waals surface area contributed by atoms with Crippen LogP contribution in [0.1, 0.15) is 36.8 Å². The van der Waals surface area contributed by atoms with Crippen molar-refractivity contribution in [2.24, 2.45) is 10.9 Å². The van der Waals surface area contributed by atoms with Gasteiger partial charge in [0, 0.05) is 38.3 Å². The van der Waals surface area contributed by atoms with Gasteiger partial charge in [0.2, 0.25) is 0 Å². The van der Waals surface area contributed by atoms with Crippen molar-refractivity contribution in [1.29, 1.82) is 0 Å². The molecule has 1 saturated heterocycles. The van der Waals surface area contributed by atoms with Crippen molar-refractivity contribution in [3.8, 4) is 5.75 Å². The van der Waals surface area contributed by atoms with Crippen molar-refractivity contribution in [3.05, 3.63) is 29.3 Å². The molecule has 2 aliphatic rings. The summed E-state index contributed by atoms with van der Waals surface area (Å²) in [6.45, 7) is 5.16. The molecule has 3 rings (SSSR count). The first kappa shape index (κ1) is 24.2. The van der Waals surface area contributed by atoms with Crippen molar-refractivity contribution in [2.75, 3.05) is 40.9 Å². The van der Waals surface area contributed by atoms with Crippen LogP contribution in [0.2, 0.25) is 0 Å². The lowest BCUT2D eigenvalue weighted by Gasteiger charge is -2.25. The minimum absolute atomic E-state index is 0. The van der Waals surface area contributed by atoms with E-state index in [0.29, 0.717) is 19.2 Å². The number of nitrogens with one attached hydrogen (secondary N) is 2. The van der Waals surface area contributed by atoms with Crippen molar-refractivity contribution < 1.29 is 9.47 Å². The molecule has 0 aromatic heterocycles. The van der Waals surface area contributed by atoms with Crippen LogP contribution in [0.25, 0.3) is 0 Å². The van der Waals surface area contributed by atoms with E-state index >= 15 is 0 Å². The molecule has 1 aliphatic carbocycles. The maximum absolute atomic E-state index is 6.11. The van der Waals surface area contributed by atoms with Gasteiger partial charge in [0.25, 0.3) is 0 Å². The van der Waals surface area contributed by atoms with Gasteiger partial charge in [-0.2, -0.15) is 0 Å². The summed E-state index contributed by atoms with van der Waals surface area (Å²) in [6, 6.07) is 6.93. The average Bonchev–Trinajstić information content (AvgIpc) is 3.37. The molecule has 1 aromatic carbocycles. The molecule has 2 unspecified atom stereocenters. The highest BCUT2D eigenvalue weighted by molar-refractivity contribution is 14.0. The number of rotatable bonds is 9. The summed E-state index contributed by atoms with van der Waals surface area (Å²) >= 11 is 0. The molecule has 2 atom stereocenters. The van der Waals surface area contributed by atoms with Crippen LogP contribution in [0.4, 0.5) is 0 Å². The molecule has 1 aliphatic heterocycles. The predicted molar refractivity (Wildman–Crippen MR) is 129 cm³/mol. The van der Waals surface area contributed by atoms with Gasteiger partial charge in [-0.05, 0) is 64.3 Å². The number of ether oxygens (including phenoxy) is 2. The van der Waals surface area contributed by atoms with Crippen molar-refractivity contribution in [1.82, 2.24) is 15.5 Å². The molecule has 0 amide bonds. The van der Waals surface area contributed by atoms with E-state index in [-0.39, 0.29) is 30.1 Å². The zero-order valence-electron chi connectivity index (χ0n) is 18.2. The summed E-state index contributed by atoms with van der Waals surface area (Å²) in [4.78, 5) is 6.70. The quantitative estimate of drug-likeness (QED) is 0.300. The minimum Gasteiger partial charge on any atom is -0.491 e. The molecule has 1 heterocycles. The lowest BCUT2D eigenvalue weighted by atomic mass is 10.1. The number of hydrogen-bond acceptors (Lipinski definition) is 4. The number of likely N-dealkylation sites (N-methyl/N-ethyl adjacent to an activating group) is 1. The van der Waals surface area contributed by atoms with E-state index in [2.05, 4.69) is 59.7 Å². The largest absolute Gasteiger partial charge is 0.491 e. The van der Waals surface area contributed by atoms with Gasteiger partial charge >= 0.3 is 0 Å². The monoisotopic (exact) mass is 516 g/mol. The Balaban J connectivity index is 0.00000300. The zero-order chi connectivity index (χ0) is 19.9. The number of halogens is 1. The van der Waals surface area contributed by atoms with Gasteiger partial charge in [-0.3, -0.25) is 4.99 Å². The molecule has 0 radical (unpaired) electrons. The van der Waals surface area contributed by atoms with Crippen LogP contribution in [0.3, 0.4) is 0 Å². The molecular formula is C22H37IN4O2. The predicted octanol–water partition coefficient (Wildman–Crippen LogP) is 3.18. The lowest BCUT2D eigenvalue weighted by Crippen LogP contribution is -2.45. The van der Waals surface area contributed by atoms with E-state index in [1.807, 2.05) is 7.05 Å². The second-order valence-corrected chi connectivity index (χ2v) is 8.23. The summed E-state index contributed by atoms with van der Waals surface area (Å²) in [6.07, 6.45) is 5.12. The molecule has 2 fully saturated rings. The SMILES string of the molecule is CN=C(NCc1ccc(C)cc1OCC1CCCO1)NCC(C1CC1)N(C)C.I. The Morgan fingerprint density at radius 1 is 1.28 bits per heavy atom. The standard InChI is InChI=1S/C22H36N4O2.HI/c1-16-7-8-18(21(12-16)28-15-19-6-5-11-27-19)13-24-22(23-2)25-14-20(26(3)4)17-9-10-17;/h7-8,12,17,19-20H,5-6,9-11,13-15H2,1-4H3,(H2,23,24,25);1H. The van der Waals surface area contributed by atoms with Crippen molar-refractivity contribution >= 4 is 29.9 Å². The molecule has 0 bridgehead atoms. The average molecular weight is 516 g/mol. The summed E-state index contributed by atoms with van der Waals surface area (Å²) < 4.78 is 11.8. The van der Waals surface area contributed by atoms with E-state index < -0.39 is 0 Å². The number of nitrogens with zero attached hydrogens (tertiary/aromatic N) is 2. The fourth-order valence-corrected chi connectivity index (χ4v) is 3.75. The van der Waals surface area contributed by atoms with Gasteiger partial charge in [-0.15, -0.1) is 24.0 Å². The van der Waals surface area contributed by atoms with Gasteiger partial charge in [0.15, 0.2) is 5.96 Å². The minimum atomic E-state index is 0. The Labute approximate surface area is 192 Å². The molecule has 29 heavy (non-hydrogen) atoms. The molecule has 2 N–H and O–H groups in total. The molecule has 164 valence electrons. The zero-order valence-corrected chi connectivity index (χ0v) is 20.6. The fourth-order valence-electron chi connectivity index (χ4n) is 3.75. The van der Waals surface area contributed by atoms with E-state index in [4.69, 9.17) is 9.47 Å². The number of aliphatic imine (C=N–C) groups is 1. The normalized spacial score (nSPS) is 20.3. The third kappa shape index (κ3) is 7.61. The molecule has 6 nitrogen and oxygen atoms in total. The smallest absolute Gasteiger partial charge is 0.191 e. The summed E-state index contributed by atoms with van der Waals surface area (Å²) in [5.74, 6) is 2.58. The summed E-state index contributed by atoms with van der Waals surface area (Å²) in [5.41, 5.74) is 2.34. The van der Waals surface area contributed by atoms with Gasteiger partial charge < -0.3 is 25.0 Å². The number of hydrogen-bond donors (Lipinski definition) is 2. The third-order valence-electron chi connectivity index (χ3n) is 5.65. The Bertz CT molecular complexity index is 656. The highest BCUT2D eigenvalue weighted by atomic mass is 127. The summed E-state index contributed by atoms with van der Waals surface area (Å²) in [7, 11) is 6.14. The van der Waals surface area contributed by atoms with Crippen LogP contribution in [-0.2, 0) is 11.3 Å². The number of guanidine groups is 1. The van der Waals surface area contributed by atoms with Gasteiger partial charge in [-0.25, -0.2) is 0 Å². The lowest BCUT2D eigenvalue weighted by molar-refractivity contribution is 0.0676. The maximum Gasteiger partial charge on any atom is 0.191 e. The van der Waals surface area contributed by atoms with Crippen molar-refractivity contribution in [3.63, 3.8) is 0 Å². The Morgan fingerprint density at radius 2 is 2.07 bits per heavy atom. The van der Waals surface area contributed by atoms with E-state index in [0.717, 1.165) is 49.2 Å². The van der Waals surface area contributed by atoms with Gasteiger partial charge in [0.1, 0.15) is 12.4 Å². The van der Waals surface area contributed by atoms with Crippen LogP contribution in [-0.4, -0.2) is 63.9 Å². The first-order valence-electron chi connectivity index (χ1n) is 10.5. The first-order chi connectivity index (χ1) is 13.6. The number of aryl methyl sites for hydroxylation is 1. The fraction of sp³-hybridized carbons (Fsp3) is 0.682. The number of benzene rings is 1. The van der Waals surface area contributed by atoms with E-state index in [1.165, 1.54) is 18.4 Å². The van der Waals surface area contributed by atoms with E-state index in [1.54, 1.807) is 0 Å². The Morgan fingerprint density at radius 3 is 2.69 bits per heavy atom. The molecular weight excluding hydrogens is 479 g/mol.